The van der Waals surface area contributed by atoms with Crippen molar-refractivity contribution in [3.8, 4) is 0 Å². The molecule has 1 rings (SSSR count). The molecule has 0 saturated carbocycles. The minimum Gasteiger partial charge on any atom is -0.316 e. The topological polar surface area (TPSA) is 12.0 Å². The van der Waals surface area contributed by atoms with Gasteiger partial charge in [-0.05, 0) is 30.7 Å². The molecule has 0 bridgehead atoms. The Kier molecular flexibility index (Phi) is 3.06. The molecule has 0 amide bonds. The molecule has 64 valence electrons. The molecule has 0 radical (unpaired) electrons. The Bertz CT molecular complexity index is 276. The molecule has 0 atom stereocenters. The minimum absolute atomic E-state index is 0.929. The van der Waals surface area contributed by atoms with Crippen LogP contribution in [0, 0.1) is 6.92 Å². The summed E-state index contributed by atoms with van der Waals surface area (Å²) in [4.78, 5) is 0. The van der Waals surface area contributed by atoms with E-state index < -0.39 is 0 Å². The first-order valence-electron chi connectivity index (χ1n) is 4.14. The number of aryl methyl sites for hydroxylation is 1. The Hall–Kier alpha value is -1.08. The minimum atomic E-state index is 0.929. The van der Waals surface area contributed by atoms with Crippen LogP contribution in [0.4, 0.5) is 0 Å². The summed E-state index contributed by atoms with van der Waals surface area (Å²) < 4.78 is 0. The van der Waals surface area contributed by atoms with Gasteiger partial charge >= 0.3 is 0 Å². The molecule has 0 unspecified atom stereocenters. The van der Waals surface area contributed by atoms with Gasteiger partial charge in [0.1, 0.15) is 0 Å². The van der Waals surface area contributed by atoms with Crippen LogP contribution in [0.15, 0.2) is 24.8 Å². The Balaban J connectivity index is 2.93. The van der Waals surface area contributed by atoms with Crippen LogP contribution in [0.2, 0.25) is 0 Å². The molecule has 0 heterocycles. The molecule has 0 spiro atoms. The van der Waals surface area contributed by atoms with Crippen molar-refractivity contribution in [1.29, 1.82) is 0 Å². The molecule has 0 aromatic heterocycles. The lowest BCUT2D eigenvalue weighted by molar-refractivity contribution is 0.817. The number of hydrogen-bond acceptors (Lipinski definition) is 1. The second kappa shape index (κ2) is 4.07. The standard InChI is InChI=1S/C11H15N/c1-4-11-6-5-10(8-12-3)7-9(11)2/h4-7,12H,1,8H2,2-3H3. The monoisotopic (exact) mass is 161 g/mol. The first-order chi connectivity index (χ1) is 5.77. The molecule has 1 aromatic carbocycles. The maximum Gasteiger partial charge on any atom is 0.0202 e. The van der Waals surface area contributed by atoms with Gasteiger partial charge in [-0.3, -0.25) is 0 Å². The first-order valence-corrected chi connectivity index (χ1v) is 4.14. The van der Waals surface area contributed by atoms with Gasteiger partial charge in [0.05, 0.1) is 0 Å². The van der Waals surface area contributed by atoms with Gasteiger partial charge in [-0.25, -0.2) is 0 Å². The van der Waals surface area contributed by atoms with E-state index in [0.717, 1.165) is 6.54 Å². The molecule has 1 nitrogen and oxygen atoms in total. The predicted octanol–water partition coefficient (Wildman–Crippen LogP) is 2.36. The van der Waals surface area contributed by atoms with Crippen molar-refractivity contribution < 1.29 is 0 Å². The highest BCUT2D eigenvalue weighted by Gasteiger charge is 1.95. The summed E-state index contributed by atoms with van der Waals surface area (Å²) in [5, 5.41) is 3.12. The molecule has 0 aliphatic carbocycles. The zero-order valence-corrected chi connectivity index (χ0v) is 7.72. The molecule has 12 heavy (non-hydrogen) atoms. The second-order valence-corrected chi connectivity index (χ2v) is 2.93. The highest BCUT2D eigenvalue weighted by atomic mass is 14.8. The third kappa shape index (κ3) is 1.95. The first kappa shape index (κ1) is 9.01. The van der Waals surface area contributed by atoms with E-state index in [9.17, 15) is 0 Å². The lowest BCUT2D eigenvalue weighted by Crippen LogP contribution is -2.05. The van der Waals surface area contributed by atoms with Gasteiger partial charge in [-0.1, -0.05) is 30.9 Å². The zero-order valence-electron chi connectivity index (χ0n) is 7.72. The van der Waals surface area contributed by atoms with Crippen LogP contribution in [-0.2, 0) is 6.54 Å². The molecule has 0 saturated heterocycles. The van der Waals surface area contributed by atoms with E-state index in [1.807, 2.05) is 13.1 Å². The molecule has 1 N–H and O–H groups in total. The Morgan fingerprint density at radius 2 is 2.25 bits per heavy atom. The van der Waals surface area contributed by atoms with E-state index in [4.69, 9.17) is 0 Å². The summed E-state index contributed by atoms with van der Waals surface area (Å²) >= 11 is 0. The third-order valence-electron chi connectivity index (χ3n) is 1.94. The van der Waals surface area contributed by atoms with Gasteiger partial charge in [0, 0.05) is 6.54 Å². The summed E-state index contributed by atoms with van der Waals surface area (Å²) in [7, 11) is 1.96. The van der Waals surface area contributed by atoms with Gasteiger partial charge in [0.15, 0.2) is 0 Å². The Labute approximate surface area is 74.1 Å². The van der Waals surface area contributed by atoms with Crippen LogP contribution in [-0.4, -0.2) is 7.05 Å². The van der Waals surface area contributed by atoms with Crippen molar-refractivity contribution in [1.82, 2.24) is 5.32 Å². The summed E-state index contributed by atoms with van der Waals surface area (Å²) in [6.07, 6.45) is 1.89. The SMILES string of the molecule is C=Cc1ccc(CNC)cc1C. The number of benzene rings is 1. The molecule has 1 aromatic rings. The Morgan fingerprint density at radius 1 is 1.50 bits per heavy atom. The number of nitrogens with one attached hydrogen (secondary N) is 1. The van der Waals surface area contributed by atoms with Crippen molar-refractivity contribution in [2.75, 3.05) is 7.05 Å². The smallest absolute Gasteiger partial charge is 0.0202 e. The summed E-state index contributed by atoms with van der Waals surface area (Å²) in [6.45, 7) is 6.79. The molecule has 0 aliphatic heterocycles. The van der Waals surface area contributed by atoms with Crippen molar-refractivity contribution in [2.45, 2.75) is 13.5 Å². The molecule has 0 fully saturated rings. The van der Waals surface area contributed by atoms with E-state index in [1.165, 1.54) is 16.7 Å². The number of rotatable bonds is 3. The van der Waals surface area contributed by atoms with E-state index in [0.29, 0.717) is 0 Å². The van der Waals surface area contributed by atoms with E-state index in [-0.39, 0.29) is 0 Å². The lowest BCUT2D eigenvalue weighted by atomic mass is 10.1. The molecule has 0 aliphatic rings. The third-order valence-corrected chi connectivity index (χ3v) is 1.94. The van der Waals surface area contributed by atoms with E-state index >= 15 is 0 Å². The lowest BCUT2D eigenvalue weighted by Gasteiger charge is -2.04. The molecule has 1 heteroatoms. The van der Waals surface area contributed by atoms with E-state index in [2.05, 4.69) is 37.0 Å². The Morgan fingerprint density at radius 3 is 2.75 bits per heavy atom. The van der Waals surface area contributed by atoms with Gasteiger partial charge in [-0.15, -0.1) is 0 Å². The van der Waals surface area contributed by atoms with Gasteiger partial charge in [-0.2, -0.15) is 0 Å². The zero-order chi connectivity index (χ0) is 8.97. The maximum atomic E-state index is 3.75. The van der Waals surface area contributed by atoms with Crippen LogP contribution in [0.5, 0.6) is 0 Å². The normalized spacial score (nSPS) is 9.83. The highest BCUT2D eigenvalue weighted by molar-refractivity contribution is 5.52. The summed E-state index contributed by atoms with van der Waals surface area (Å²) in [5.74, 6) is 0. The van der Waals surface area contributed by atoms with Gasteiger partial charge < -0.3 is 5.32 Å². The van der Waals surface area contributed by atoms with E-state index in [1.54, 1.807) is 0 Å². The van der Waals surface area contributed by atoms with Crippen LogP contribution in [0.1, 0.15) is 16.7 Å². The summed E-state index contributed by atoms with van der Waals surface area (Å²) in [5.41, 5.74) is 3.83. The molecular weight excluding hydrogens is 146 g/mol. The van der Waals surface area contributed by atoms with Crippen molar-refractivity contribution >= 4 is 6.08 Å². The number of hydrogen-bond donors (Lipinski definition) is 1. The average molecular weight is 161 g/mol. The van der Waals surface area contributed by atoms with Crippen LogP contribution < -0.4 is 5.32 Å². The second-order valence-electron chi connectivity index (χ2n) is 2.93. The quantitative estimate of drug-likeness (QED) is 0.717. The fraction of sp³-hybridized carbons (Fsp3) is 0.273. The van der Waals surface area contributed by atoms with Gasteiger partial charge in [0.2, 0.25) is 0 Å². The maximum absolute atomic E-state index is 3.75. The average Bonchev–Trinajstić information content (AvgIpc) is 2.05. The highest BCUT2D eigenvalue weighted by Crippen LogP contribution is 2.11. The molecular formula is C11H15N. The van der Waals surface area contributed by atoms with Gasteiger partial charge in [0.25, 0.3) is 0 Å². The summed E-state index contributed by atoms with van der Waals surface area (Å²) in [6, 6.07) is 6.42. The van der Waals surface area contributed by atoms with Crippen LogP contribution in [0.3, 0.4) is 0 Å². The van der Waals surface area contributed by atoms with Crippen LogP contribution >= 0.6 is 0 Å². The fourth-order valence-electron chi connectivity index (χ4n) is 1.28. The fourth-order valence-corrected chi connectivity index (χ4v) is 1.28. The van der Waals surface area contributed by atoms with Crippen molar-refractivity contribution in [3.63, 3.8) is 0 Å². The van der Waals surface area contributed by atoms with Crippen molar-refractivity contribution in [3.05, 3.63) is 41.5 Å². The van der Waals surface area contributed by atoms with Crippen molar-refractivity contribution in [2.24, 2.45) is 0 Å². The van der Waals surface area contributed by atoms with Crippen LogP contribution in [0.25, 0.3) is 6.08 Å². The largest absolute Gasteiger partial charge is 0.316 e. The predicted molar refractivity (Wildman–Crippen MR) is 54.0 cm³/mol.